The topological polar surface area (TPSA) is 72.8 Å². The fourth-order valence-corrected chi connectivity index (χ4v) is 2.32. The van der Waals surface area contributed by atoms with Crippen molar-refractivity contribution in [3.8, 4) is 5.75 Å². The molecule has 0 atom stereocenters. The van der Waals surface area contributed by atoms with Gasteiger partial charge in [-0.05, 0) is 31.7 Å². The zero-order valence-corrected chi connectivity index (χ0v) is 11.9. The first kappa shape index (κ1) is 13.5. The Balaban J connectivity index is 2.31. The average molecular weight is 277 g/mol. The smallest absolute Gasteiger partial charge is 0.194 e. The molecule has 0 aliphatic rings. The first-order chi connectivity index (χ1) is 9.24. The molecule has 0 amide bonds. The Morgan fingerprint density at radius 2 is 2.16 bits per heavy atom. The van der Waals surface area contributed by atoms with Crippen LogP contribution < -0.4 is 10.1 Å². The molecule has 0 aromatic carbocycles. The second kappa shape index (κ2) is 6.33. The Morgan fingerprint density at radius 1 is 1.32 bits per heavy atom. The predicted molar refractivity (Wildman–Crippen MR) is 73.6 cm³/mol. The lowest BCUT2D eigenvalue weighted by atomic mass is 10.5. The molecule has 0 aliphatic carbocycles. The van der Waals surface area contributed by atoms with E-state index in [-0.39, 0.29) is 0 Å². The van der Waals surface area contributed by atoms with Crippen LogP contribution in [0, 0.1) is 6.92 Å². The highest BCUT2D eigenvalue weighted by atomic mass is 32.2. The second-order valence-corrected chi connectivity index (χ2v) is 4.63. The molecule has 0 unspecified atom stereocenters. The van der Waals surface area contributed by atoms with Gasteiger partial charge < -0.3 is 10.1 Å². The molecule has 2 aromatic heterocycles. The summed E-state index contributed by atoms with van der Waals surface area (Å²) in [5.74, 6) is 1.29. The SMILES string of the molecule is CCNc1ncnc(Sc2nccc(C)n2)c1OC. The molecule has 0 aliphatic heterocycles. The van der Waals surface area contributed by atoms with Gasteiger partial charge in [-0.2, -0.15) is 0 Å². The van der Waals surface area contributed by atoms with Crippen LogP contribution in [0.1, 0.15) is 12.6 Å². The van der Waals surface area contributed by atoms with Gasteiger partial charge in [0, 0.05) is 18.4 Å². The predicted octanol–water partition coefficient (Wildman–Crippen LogP) is 2.17. The summed E-state index contributed by atoms with van der Waals surface area (Å²) in [7, 11) is 1.60. The number of aromatic nitrogens is 4. The standard InChI is InChI=1S/C12H15N5OS/c1-4-13-10-9(18-3)11(16-7-15-10)19-12-14-6-5-8(2)17-12/h5-7H,4H2,1-3H3,(H,13,15,16). The number of ether oxygens (including phenoxy) is 1. The third-order valence-electron chi connectivity index (χ3n) is 2.28. The van der Waals surface area contributed by atoms with Crippen LogP contribution in [0.5, 0.6) is 5.75 Å². The number of nitrogens with zero attached hydrogens (tertiary/aromatic N) is 4. The summed E-state index contributed by atoms with van der Waals surface area (Å²) in [6.45, 7) is 4.68. The molecular formula is C12H15N5OS. The summed E-state index contributed by atoms with van der Waals surface area (Å²) in [5.41, 5.74) is 0.914. The second-order valence-electron chi connectivity index (χ2n) is 3.67. The molecule has 2 heterocycles. The van der Waals surface area contributed by atoms with E-state index < -0.39 is 0 Å². The maximum absolute atomic E-state index is 5.37. The van der Waals surface area contributed by atoms with E-state index in [0.29, 0.717) is 21.7 Å². The van der Waals surface area contributed by atoms with Crippen LogP contribution in [0.2, 0.25) is 0 Å². The Morgan fingerprint density at radius 3 is 2.84 bits per heavy atom. The van der Waals surface area contributed by atoms with Gasteiger partial charge in [0.15, 0.2) is 21.7 Å². The van der Waals surface area contributed by atoms with Crippen LogP contribution in [0.25, 0.3) is 0 Å². The van der Waals surface area contributed by atoms with Crippen molar-refractivity contribution in [2.45, 2.75) is 24.0 Å². The number of rotatable bonds is 5. The number of hydrogen-bond acceptors (Lipinski definition) is 7. The molecule has 0 radical (unpaired) electrons. The van der Waals surface area contributed by atoms with E-state index >= 15 is 0 Å². The molecule has 100 valence electrons. The molecule has 0 bridgehead atoms. The Bertz CT molecular complexity index is 564. The van der Waals surface area contributed by atoms with Crippen molar-refractivity contribution in [2.75, 3.05) is 19.0 Å². The van der Waals surface area contributed by atoms with Crippen molar-refractivity contribution in [1.82, 2.24) is 19.9 Å². The minimum Gasteiger partial charge on any atom is -0.490 e. The van der Waals surface area contributed by atoms with Crippen LogP contribution in [-0.2, 0) is 0 Å². The van der Waals surface area contributed by atoms with Gasteiger partial charge in [-0.3, -0.25) is 0 Å². The van der Waals surface area contributed by atoms with Gasteiger partial charge in [-0.1, -0.05) is 0 Å². The maximum Gasteiger partial charge on any atom is 0.194 e. The maximum atomic E-state index is 5.37. The van der Waals surface area contributed by atoms with E-state index in [1.54, 1.807) is 13.3 Å². The van der Waals surface area contributed by atoms with Crippen molar-refractivity contribution in [1.29, 1.82) is 0 Å². The molecule has 2 rings (SSSR count). The van der Waals surface area contributed by atoms with E-state index in [1.807, 2.05) is 19.9 Å². The number of methoxy groups -OCH3 is 1. The normalized spacial score (nSPS) is 10.3. The van der Waals surface area contributed by atoms with Gasteiger partial charge in [0.05, 0.1) is 7.11 Å². The lowest BCUT2D eigenvalue weighted by Crippen LogP contribution is -2.04. The molecule has 0 spiro atoms. The molecule has 0 saturated carbocycles. The highest BCUT2D eigenvalue weighted by molar-refractivity contribution is 7.99. The third-order valence-corrected chi connectivity index (χ3v) is 3.14. The van der Waals surface area contributed by atoms with E-state index in [1.165, 1.54) is 18.1 Å². The molecular weight excluding hydrogens is 262 g/mol. The average Bonchev–Trinajstić information content (AvgIpc) is 2.39. The van der Waals surface area contributed by atoms with Crippen molar-refractivity contribution in [3.05, 3.63) is 24.3 Å². The summed E-state index contributed by atoms with van der Waals surface area (Å²) < 4.78 is 5.37. The van der Waals surface area contributed by atoms with Crippen molar-refractivity contribution < 1.29 is 4.74 Å². The molecule has 7 heteroatoms. The molecule has 0 saturated heterocycles. The number of hydrogen-bond donors (Lipinski definition) is 1. The van der Waals surface area contributed by atoms with Crippen LogP contribution >= 0.6 is 11.8 Å². The van der Waals surface area contributed by atoms with Crippen LogP contribution in [0.3, 0.4) is 0 Å². The fraction of sp³-hybridized carbons (Fsp3) is 0.333. The number of anilines is 1. The molecule has 6 nitrogen and oxygen atoms in total. The van der Waals surface area contributed by atoms with Crippen molar-refractivity contribution in [2.24, 2.45) is 0 Å². The monoisotopic (exact) mass is 277 g/mol. The number of aryl methyl sites for hydroxylation is 1. The van der Waals surface area contributed by atoms with E-state index in [2.05, 4.69) is 25.3 Å². The largest absolute Gasteiger partial charge is 0.490 e. The van der Waals surface area contributed by atoms with E-state index in [0.717, 1.165) is 12.2 Å². The number of nitrogens with one attached hydrogen (secondary N) is 1. The van der Waals surface area contributed by atoms with Gasteiger partial charge in [-0.15, -0.1) is 0 Å². The van der Waals surface area contributed by atoms with Gasteiger partial charge in [0.25, 0.3) is 0 Å². The molecule has 0 fully saturated rings. The summed E-state index contributed by atoms with van der Waals surface area (Å²) in [6.07, 6.45) is 3.22. The summed E-state index contributed by atoms with van der Waals surface area (Å²) in [5, 5.41) is 4.47. The van der Waals surface area contributed by atoms with Crippen LogP contribution in [-0.4, -0.2) is 33.6 Å². The van der Waals surface area contributed by atoms with Crippen molar-refractivity contribution >= 4 is 17.6 Å². The fourth-order valence-electron chi connectivity index (χ4n) is 1.47. The first-order valence-corrected chi connectivity index (χ1v) is 6.66. The van der Waals surface area contributed by atoms with E-state index in [4.69, 9.17) is 4.74 Å². The van der Waals surface area contributed by atoms with Gasteiger partial charge >= 0.3 is 0 Å². The highest BCUT2D eigenvalue weighted by Gasteiger charge is 2.14. The van der Waals surface area contributed by atoms with Crippen LogP contribution in [0.4, 0.5) is 5.82 Å². The zero-order valence-electron chi connectivity index (χ0n) is 11.0. The molecule has 2 aromatic rings. The highest BCUT2D eigenvalue weighted by Crippen LogP contribution is 2.34. The van der Waals surface area contributed by atoms with Gasteiger partial charge in [-0.25, -0.2) is 19.9 Å². The summed E-state index contributed by atoms with van der Waals surface area (Å²) in [4.78, 5) is 16.9. The minimum atomic E-state index is 0.611. The van der Waals surface area contributed by atoms with Gasteiger partial charge in [0.2, 0.25) is 0 Å². The van der Waals surface area contributed by atoms with Gasteiger partial charge in [0.1, 0.15) is 6.33 Å². The lowest BCUT2D eigenvalue weighted by Gasteiger charge is -2.11. The zero-order chi connectivity index (χ0) is 13.7. The summed E-state index contributed by atoms with van der Waals surface area (Å²) in [6, 6.07) is 1.85. The quantitative estimate of drug-likeness (QED) is 0.663. The molecule has 19 heavy (non-hydrogen) atoms. The third kappa shape index (κ3) is 3.31. The lowest BCUT2D eigenvalue weighted by molar-refractivity contribution is 0.400. The van der Waals surface area contributed by atoms with Crippen molar-refractivity contribution in [3.63, 3.8) is 0 Å². The Hall–Kier alpha value is -1.89. The molecule has 1 N–H and O–H groups in total. The van der Waals surface area contributed by atoms with E-state index in [9.17, 15) is 0 Å². The van der Waals surface area contributed by atoms with Crippen LogP contribution in [0.15, 0.2) is 28.8 Å². The Kier molecular flexibility index (Phi) is 4.51. The Labute approximate surface area is 116 Å². The summed E-state index contributed by atoms with van der Waals surface area (Å²) >= 11 is 1.35. The minimum absolute atomic E-state index is 0.611. The first-order valence-electron chi connectivity index (χ1n) is 5.85.